The fraction of sp³-hybridized carbons (Fsp3) is 0.529. The minimum Gasteiger partial charge on any atom is -0.423 e. The number of tetrazole rings is 1. The fourth-order valence-electron chi connectivity index (χ4n) is 2.22. The van der Waals surface area contributed by atoms with Gasteiger partial charge < -0.3 is 15.0 Å². The molecule has 136 valence electrons. The number of carbonyl (C=O) groups is 1. The molecule has 0 spiro atoms. The van der Waals surface area contributed by atoms with Gasteiger partial charge >= 0.3 is 12.0 Å². The van der Waals surface area contributed by atoms with E-state index in [2.05, 4.69) is 27.8 Å². The van der Waals surface area contributed by atoms with Gasteiger partial charge in [-0.2, -0.15) is 4.68 Å². The highest BCUT2D eigenvalue weighted by Gasteiger charge is 2.09. The third kappa shape index (κ3) is 6.06. The number of carbonyl (C=O) groups excluding carboxylic acids is 1. The van der Waals surface area contributed by atoms with E-state index in [-0.39, 0.29) is 6.03 Å². The van der Waals surface area contributed by atoms with Gasteiger partial charge in [-0.1, -0.05) is 37.7 Å². The van der Waals surface area contributed by atoms with Crippen LogP contribution in [0.15, 0.2) is 24.3 Å². The largest absolute Gasteiger partial charge is 0.423 e. The van der Waals surface area contributed by atoms with Crippen LogP contribution in [0.4, 0.5) is 10.5 Å². The Hall–Kier alpha value is -2.64. The van der Waals surface area contributed by atoms with E-state index in [4.69, 9.17) is 4.74 Å². The normalized spacial score (nSPS) is 10.5. The number of aromatic nitrogens is 4. The second kappa shape index (κ2) is 9.61. The molecule has 2 rings (SSSR count). The van der Waals surface area contributed by atoms with Crippen molar-refractivity contribution in [2.75, 3.05) is 19.4 Å². The van der Waals surface area contributed by atoms with Crippen molar-refractivity contribution < 1.29 is 9.53 Å². The molecule has 2 aromatic rings. The molecule has 0 atom stereocenters. The topological polar surface area (TPSA) is 85.2 Å². The lowest BCUT2D eigenvalue weighted by molar-refractivity contribution is 0.230. The van der Waals surface area contributed by atoms with E-state index in [9.17, 15) is 4.79 Å². The maximum atomic E-state index is 11.6. The van der Waals surface area contributed by atoms with Crippen molar-refractivity contribution in [1.29, 1.82) is 0 Å². The molecule has 0 aliphatic heterocycles. The fourth-order valence-corrected chi connectivity index (χ4v) is 2.22. The monoisotopic (exact) mass is 346 g/mol. The lowest BCUT2D eigenvalue weighted by Crippen LogP contribution is -2.27. The van der Waals surface area contributed by atoms with E-state index in [0.717, 1.165) is 19.4 Å². The first-order valence-corrected chi connectivity index (χ1v) is 8.62. The Morgan fingerprint density at radius 1 is 1.16 bits per heavy atom. The van der Waals surface area contributed by atoms with Crippen molar-refractivity contribution in [3.05, 3.63) is 24.3 Å². The third-order valence-electron chi connectivity index (χ3n) is 3.69. The number of unbranched alkanes of at least 4 members (excludes halogenated alkanes) is 4. The summed E-state index contributed by atoms with van der Waals surface area (Å²) in [7, 11) is 3.38. The number of anilines is 1. The Morgan fingerprint density at radius 2 is 1.88 bits per heavy atom. The highest BCUT2D eigenvalue weighted by molar-refractivity contribution is 5.88. The van der Waals surface area contributed by atoms with Crippen LogP contribution in [0.3, 0.4) is 0 Å². The van der Waals surface area contributed by atoms with Crippen LogP contribution >= 0.6 is 0 Å². The highest BCUT2D eigenvalue weighted by atomic mass is 16.5. The maximum absolute atomic E-state index is 11.6. The van der Waals surface area contributed by atoms with E-state index >= 15 is 0 Å². The molecule has 8 heteroatoms. The van der Waals surface area contributed by atoms with E-state index in [1.54, 1.807) is 43.0 Å². The second-order valence-electron chi connectivity index (χ2n) is 6.05. The average molecular weight is 346 g/mol. The van der Waals surface area contributed by atoms with Gasteiger partial charge in [0.15, 0.2) is 0 Å². The standard InChI is InChI=1S/C17H26N6O2/c1-4-5-6-7-8-13-23-17(19-20-21-23)25-15-11-9-14(10-12-15)18-16(24)22(2)3/h9-12H,4-8,13H2,1-3H3,(H,18,24). The molecule has 25 heavy (non-hydrogen) atoms. The highest BCUT2D eigenvalue weighted by Crippen LogP contribution is 2.21. The number of ether oxygens (including phenoxy) is 1. The van der Waals surface area contributed by atoms with Gasteiger partial charge in [0.1, 0.15) is 5.75 Å². The summed E-state index contributed by atoms with van der Waals surface area (Å²) in [5.41, 5.74) is 0.696. The van der Waals surface area contributed by atoms with Crippen molar-refractivity contribution >= 4 is 11.7 Å². The number of benzene rings is 1. The van der Waals surface area contributed by atoms with E-state index in [0.29, 0.717) is 17.4 Å². The molecule has 0 saturated carbocycles. The zero-order valence-corrected chi connectivity index (χ0v) is 15.1. The van der Waals surface area contributed by atoms with Crippen LogP contribution in [0.25, 0.3) is 0 Å². The van der Waals surface area contributed by atoms with E-state index < -0.39 is 0 Å². The lowest BCUT2D eigenvalue weighted by atomic mass is 10.1. The molecule has 1 aromatic heterocycles. The first-order valence-electron chi connectivity index (χ1n) is 8.62. The van der Waals surface area contributed by atoms with Gasteiger partial charge in [-0.3, -0.25) is 0 Å². The minimum atomic E-state index is -0.180. The summed E-state index contributed by atoms with van der Waals surface area (Å²) < 4.78 is 7.41. The molecule has 0 radical (unpaired) electrons. The van der Waals surface area contributed by atoms with Crippen LogP contribution in [0.5, 0.6) is 11.8 Å². The van der Waals surface area contributed by atoms with Crippen molar-refractivity contribution in [3.63, 3.8) is 0 Å². The van der Waals surface area contributed by atoms with Gasteiger partial charge in [-0.05, 0) is 41.1 Å². The van der Waals surface area contributed by atoms with Crippen LogP contribution in [0.1, 0.15) is 39.0 Å². The molecule has 0 aliphatic carbocycles. The molecule has 0 aliphatic rings. The number of amides is 2. The smallest absolute Gasteiger partial charge is 0.340 e. The molecular weight excluding hydrogens is 320 g/mol. The predicted octanol–water partition coefficient (Wildman–Crippen LogP) is 3.53. The summed E-state index contributed by atoms with van der Waals surface area (Å²) in [6.45, 7) is 2.94. The SMILES string of the molecule is CCCCCCCn1nnnc1Oc1ccc(NC(=O)N(C)C)cc1. The molecule has 0 bridgehead atoms. The molecule has 2 amide bonds. The van der Waals surface area contributed by atoms with Gasteiger partial charge in [0, 0.05) is 26.3 Å². The van der Waals surface area contributed by atoms with Crippen LogP contribution in [-0.2, 0) is 6.54 Å². The molecule has 8 nitrogen and oxygen atoms in total. The van der Waals surface area contributed by atoms with Gasteiger partial charge in [0.25, 0.3) is 0 Å². The number of urea groups is 1. The summed E-state index contributed by atoms with van der Waals surface area (Å²) in [6.07, 6.45) is 5.90. The Bertz CT molecular complexity index is 653. The van der Waals surface area contributed by atoms with Crippen LogP contribution in [0, 0.1) is 0 Å². The molecule has 1 aromatic carbocycles. The summed E-state index contributed by atoms with van der Waals surface area (Å²) in [4.78, 5) is 13.1. The van der Waals surface area contributed by atoms with Crippen molar-refractivity contribution in [1.82, 2.24) is 25.1 Å². The maximum Gasteiger partial charge on any atom is 0.340 e. The molecule has 1 heterocycles. The second-order valence-corrected chi connectivity index (χ2v) is 6.05. The van der Waals surface area contributed by atoms with Gasteiger partial charge in [0.05, 0.1) is 0 Å². The molecule has 0 unspecified atom stereocenters. The quantitative estimate of drug-likeness (QED) is 0.702. The summed E-state index contributed by atoms with van der Waals surface area (Å²) >= 11 is 0. The zero-order chi connectivity index (χ0) is 18.1. The van der Waals surface area contributed by atoms with Crippen molar-refractivity contribution in [3.8, 4) is 11.8 Å². The number of rotatable bonds is 9. The Balaban J connectivity index is 1.88. The number of nitrogens with zero attached hydrogens (tertiary/aromatic N) is 5. The number of hydrogen-bond acceptors (Lipinski definition) is 5. The average Bonchev–Trinajstić information content (AvgIpc) is 3.03. The van der Waals surface area contributed by atoms with Crippen molar-refractivity contribution in [2.45, 2.75) is 45.6 Å². The Morgan fingerprint density at radius 3 is 2.56 bits per heavy atom. The first kappa shape index (κ1) is 18.7. The van der Waals surface area contributed by atoms with Gasteiger partial charge in [0.2, 0.25) is 0 Å². The Kier molecular flexibility index (Phi) is 7.18. The van der Waals surface area contributed by atoms with Crippen LogP contribution in [0.2, 0.25) is 0 Å². The first-order chi connectivity index (χ1) is 12.1. The Labute approximate surface area is 148 Å². The molecule has 1 N–H and O–H groups in total. The van der Waals surface area contributed by atoms with Gasteiger partial charge in [-0.25, -0.2) is 4.79 Å². The summed E-state index contributed by atoms with van der Waals surface area (Å²) in [5, 5.41) is 14.4. The van der Waals surface area contributed by atoms with Crippen LogP contribution < -0.4 is 10.1 Å². The third-order valence-corrected chi connectivity index (χ3v) is 3.69. The number of aryl methyl sites for hydroxylation is 1. The number of hydrogen-bond donors (Lipinski definition) is 1. The van der Waals surface area contributed by atoms with Gasteiger partial charge in [-0.15, -0.1) is 0 Å². The molecular formula is C17H26N6O2. The van der Waals surface area contributed by atoms with E-state index in [1.165, 1.54) is 24.2 Å². The summed E-state index contributed by atoms with van der Waals surface area (Å²) in [6, 6.07) is 7.28. The molecule has 0 saturated heterocycles. The van der Waals surface area contributed by atoms with E-state index in [1.807, 2.05) is 0 Å². The number of nitrogens with one attached hydrogen (secondary N) is 1. The zero-order valence-electron chi connectivity index (χ0n) is 15.1. The van der Waals surface area contributed by atoms with Crippen molar-refractivity contribution in [2.24, 2.45) is 0 Å². The minimum absolute atomic E-state index is 0.180. The summed E-state index contributed by atoms with van der Waals surface area (Å²) in [5.74, 6) is 0.616. The van der Waals surface area contributed by atoms with Crippen LogP contribution in [-0.4, -0.2) is 45.2 Å². The lowest BCUT2D eigenvalue weighted by Gasteiger charge is -2.12. The predicted molar refractivity (Wildman–Crippen MR) is 95.8 cm³/mol. The molecule has 0 fully saturated rings.